The van der Waals surface area contributed by atoms with Crippen molar-refractivity contribution < 1.29 is 9.47 Å². The first-order chi connectivity index (χ1) is 10.2. The third-order valence-electron chi connectivity index (χ3n) is 4.02. The van der Waals surface area contributed by atoms with Crippen LogP contribution in [0.3, 0.4) is 0 Å². The van der Waals surface area contributed by atoms with Crippen molar-refractivity contribution in [3.05, 3.63) is 29.8 Å². The molecule has 21 heavy (non-hydrogen) atoms. The Balaban J connectivity index is 2.09. The highest BCUT2D eigenvalue weighted by molar-refractivity contribution is 5.29. The zero-order valence-corrected chi connectivity index (χ0v) is 13.4. The minimum atomic E-state index is 0.242. The van der Waals surface area contributed by atoms with Gasteiger partial charge in [0, 0.05) is 25.2 Å². The maximum atomic E-state index is 6.05. The average Bonchev–Trinajstić information content (AvgIpc) is 2.50. The van der Waals surface area contributed by atoms with E-state index in [-0.39, 0.29) is 12.1 Å². The second-order valence-electron chi connectivity index (χ2n) is 5.86. The highest BCUT2D eigenvalue weighted by Gasteiger charge is 2.29. The van der Waals surface area contributed by atoms with Crippen LogP contribution in [-0.4, -0.2) is 43.3 Å². The maximum Gasteiger partial charge on any atom is 0.119 e. The standard InChI is InChI=1S/C17H28N2O2/c1-4-9-20-16-7-5-15(6-8-16)17(10-18)19-11-14(3)21-12-13(19)2/h5-8,13-14,17H,4,9-12,18H2,1-3H3. The Hall–Kier alpha value is -1.10. The monoisotopic (exact) mass is 292 g/mol. The van der Waals surface area contributed by atoms with Crippen LogP contribution < -0.4 is 10.5 Å². The van der Waals surface area contributed by atoms with Gasteiger partial charge in [-0.05, 0) is 38.0 Å². The number of hydrogen-bond donors (Lipinski definition) is 1. The lowest BCUT2D eigenvalue weighted by Crippen LogP contribution is -2.50. The lowest BCUT2D eigenvalue weighted by molar-refractivity contribution is -0.0653. The average molecular weight is 292 g/mol. The molecule has 0 bridgehead atoms. The van der Waals surface area contributed by atoms with Gasteiger partial charge < -0.3 is 15.2 Å². The number of ether oxygens (including phenoxy) is 2. The molecule has 0 spiro atoms. The molecule has 1 saturated heterocycles. The number of morpholine rings is 1. The number of hydrogen-bond acceptors (Lipinski definition) is 4. The minimum Gasteiger partial charge on any atom is -0.494 e. The third-order valence-corrected chi connectivity index (χ3v) is 4.02. The molecule has 4 nitrogen and oxygen atoms in total. The zero-order valence-electron chi connectivity index (χ0n) is 13.4. The summed E-state index contributed by atoms with van der Waals surface area (Å²) in [6.07, 6.45) is 1.29. The van der Waals surface area contributed by atoms with Crippen molar-refractivity contribution in [2.24, 2.45) is 5.73 Å². The van der Waals surface area contributed by atoms with Crippen molar-refractivity contribution >= 4 is 0 Å². The van der Waals surface area contributed by atoms with Crippen LogP contribution in [0.15, 0.2) is 24.3 Å². The Morgan fingerprint density at radius 3 is 2.67 bits per heavy atom. The molecule has 0 amide bonds. The van der Waals surface area contributed by atoms with Crippen LogP contribution in [0.5, 0.6) is 5.75 Å². The maximum absolute atomic E-state index is 6.05. The molecule has 1 aliphatic rings. The fraction of sp³-hybridized carbons (Fsp3) is 0.647. The fourth-order valence-electron chi connectivity index (χ4n) is 2.83. The lowest BCUT2D eigenvalue weighted by atomic mass is 10.0. The van der Waals surface area contributed by atoms with Gasteiger partial charge in [0.25, 0.3) is 0 Å². The largest absolute Gasteiger partial charge is 0.494 e. The summed E-state index contributed by atoms with van der Waals surface area (Å²) in [6.45, 7) is 9.51. The predicted octanol–water partition coefficient (Wildman–Crippen LogP) is 2.58. The molecule has 1 aromatic carbocycles. The summed E-state index contributed by atoms with van der Waals surface area (Å²) in [7, 11) is 0. The molecule has 0 aromatic heterocycles. The van der Waals surface area contributed by atoms with Crippen LogP contribution >= 0.6 is 0 Å². The van der Waals surface area contributed by atoms with Gasteiger partial charge in [-0.15, -0.1) is 0 Å². The van der Waals surface area contributed by atoms with Crippen molar-refractivity contribution in [2.45, 2.75) is 45.4 Å². The van der Waals surface area contributed by atoms with E-state index in [0.29, 0.717) is 12.6 Å². The first-order valence-corrected chi connectivity index (χ1v) is 7.95. The van der Waals surface area contributed by atoms with E-state index in [4.69, 9.17) is 15.2 Å². The molecule has 4 heteroatoms. The number of nitrogens with two attached hydrogens (primary N) is 1. The van der Waals surface area contributed by atoms with E-state index >= 15 is 0 Å². The van der Waals surface area contributed by atoms with Gasteiger partial charge in [0.05, 0.1) is 19.3 Å². The fourth-order valence-corrected chi connectivity index (χ4v) is 2.83. The molecule has 1 aromatic rings. The smallest absolute Gasteiger partial charge is 0.119 e. The summed E-state index contributed by atoms with van der Waals surface area (Å²) < 4.78 is 11.4. The molecular formula is C17H28N2O2. The second-order valence-corrected chi connectivity index (χ2v) is 5.86. The number of rotatable bonds is 6. The highest BCUT2D eigenvalue weighted by atomic mass is 16.5. The second kappa shape index (κ2) is 7.78. The number of nitrogens with zero attached hydrogens (tertiary/aromatic N) is 1. The molecule has 1 fully saturated rings. The van der Waals surface area contributed by atoms with E-state index in [1.807, 2.05) is 12.1 Å². The topological polar surface area (TPSA) is 47.7 Å². The summed E-state index contributed by atoms with van der Waals surface area (Å²) in [5, 5.41) is 0. The van der Waals surface area contributed by atoms with E-state index < -0.39 is 0 Å². The molecule has 2 N–H and O–H groups in total. The lowest BCUT2D eigenvalue weighted by Gasteiger charge is -2.41. The summed E-state index contributed by atoms with van der Waals surface area (Å²) in [6, 6.07) is 8.99. The zero-order chi connectivity index (χ0) is 15.2. The molecule has 0 saturated carbocycles. The van der Waals surface area contributed by atoms with Gasteiger partial charge in [-0.3, -0.25) is 4.90 Å². The van der Waals surface area contributed by atoms with Gasteiger partial charge in [0.1, 0.15) is 5.75 Å². The Kier molecular flexibility index (Phi) is 6.03. The summed E-state index contributed by atoms with van der Waals surface area (Å²) in [4.78, 5) is 2.45. The van der Waals surface area contributed by atoms with Gasteiger partial charge in [-0.1, -0.05) is 19.1 Å². The summed E-state index contributed by atoms with van der Waals surface area (Å²) >= 11 is 0. The van der Waals surface area contributed by atoms with Crippen molar-refractivity contribution in [2.75, 3.05) is 26.3 Å². The highest BCUT2D eigenvalue weighted by Crippen LogP contribution is 2.27. The molecule has 1 heterocycles. The van der Waals surface area contributed by atoms with Gasteiger partial charge in [0.2, 0.25) is 0 Å². The van der Waals surface area contributed by atoms with Crippen molar-refractivity contribution in [3.63, 3.8) is 0 Å². The van der Waals surface area contributed by atoms with Crippen LogP contribution in [-0.2, 0) is 4.74 Å². The molecule has 1 aliphatic heterocycles. The van der Waals surface area contributed by atoms with Gasteiger partial charge in [-0.25, -0.2) is 0 Å². The first-order valence-electron chi connectivity index (χ1n) is 7.95. The normalized spacial score (nSPS) is 24.8. The third kappa shape index (κ3) is 4.19. The van der Waals surface area contributed by atoms with Gasteiger partial charge >= 0.3 is 0 Å². The molecule has 3 atom stereocenters. The van der Waals surface area contributed by atoms with Crippen LogP contribution in [0.1, 0.15) is 38.8 Å². The predicted molar refractivity (Wildman–Crippen MR) is 85.6 cm³/mol. The van der Waals surface area contributed by atoms with E-state index in [1.54, 1.807) is 0 Å². The number of benzene rings is 1. The molecule has 2 rings (SSSR count). The van der Waals surface area contributed by atoms with E-state index in [0.717, 1.165) is 31.9 Å². The first kappa shape index (κ1) is 16.3. The van der Waals surface area contributed by atoms with Crippen LogP contribution in [0.25, 0.3) is 0 Å². The Bertz CT molecular complexity index is 421. The van der Waals surface area contributed by atoms with Gasteiger partial charge in [0.15, 0.2) is 0 Å². The van der Waals surface area contributed by atoms with Crippen LogP contribution in [0.4, 0.5) is 0 Å². The quantitative estimate of drug-likeness (QED) is 0.875. The Morgan fingerprint density at radius 1 is 1.33 bits per heavy atom. The van der Waals surface area contributed by atoms with E-state index in [9.17, 15) is 0 Å². The van der Waals surface area contributed by atoms with E-state index in [2.05, 4.69) is 37.8 Å². The van der Waals surface area contributed by atoms with Crippen LogP contribution in [0, 0.1) is 0 Å². The Labute approximate surface area is 128 Å². The minimum absolute atomic E-state index is 0.242. The molecule has 3 unspecified atom stereocenters. The SMILES string of the molecule is CCCOc1ccc(C(CN)N2CC(C)OCC2C)cc1. The van der Waals surface area contributed by atoms with Crippen molar-refractivity contribution in [3.8, 4) is 5.75 Å². The molecule has 0 aliphatic carbocycles. The van der Waals surface area contributed by atoms with Crippen molar-refractivity contribution in [1.29, 1.82) is 0 Å². The van der Waals surface area contributed by atoms with Gasteiger partial charge in [-0.2, -0.15) is 0 Å². The van der Waals surface area contributed by atoms with Crippen molar-refractivity contribution in [1.82, 2.24) is 4.90 Å². The Morgan fingerprint density at radius 2 is 2.05 bits per heavy atom. The van der Waals surface area contributed by atoms with E-state index in [1.165, 1.54) is 5.56 Å². The molecule has 118 valence electrons. The molecular weight excluding hydrogens is 264 g/mol. The summed E-state index contributed by atoms with van der Waals surface area (Å²) in [5.74, 6) is 0.930. The molecule has 0 radical (unpaired) electrons. The van der Waals surface area contributed by atoms with Crippen LogP contribution in [0.2, 0.25) is 0 Å². The summed E-state index contributed by atoms with van der Waals surface area (Å²) in [5.41, 5.74) is 7.30.